The number of carbonyl (C=O) groups excluding carboxylic acids is 1. The molecular weight excluding hydrogens is 260 g/mol. The SMILES string of the molecule is CC(CC#N)NC(=O)c1cnn(C)c1Br. The van der Waals surface area contributed by atoms with E-state index < -0.39 is 0 Å². The largest absolute Gasteiger partial charge is 0.348 e. The van der Waals surface area contributed by atoms with E-state index >= 15 is 0 Å². The lowest BCUT2D eigenvalue weighted by Gasteiger charge is -2.09. The smallest absolute Gasteiger partial charge is 0.255 e. The van der Waals surface area contributed by atoms with E-state index in [2.05, 4.69) is 26.3 Å². The van der Waals surface area contributed by atoms with Crippen LogP contribution in [0.3, 0.4) is 0 Å². The standard InChI is InChI=1S/C9H11BrN4O/c1-6(3-4-11)13-9(15)7-5-12-14(2)8(7)10/h5-6H,3H2,1-2H3,(H,13,15). The first kappa shape index (κ1) is 11.7. The van der Waals surface area contributed by atoms with Gasteiger partial charge in [0.15, 0.2) is 0 Å². The van der Waals surface area contributed by atoms with E-state index in [-0.39, 0.29) is 11.9 Å². The molecular formula is C9H11BrN4O. The van der Waals surface area contributed by atoms with Gasteiger partial charge < -0.3 is 5.32 Å². The van der Waals surface area contributed by atoms with Crippen molar-refractivity contribution in [1.82, 2.24) is 15.1 Å². The number of aryl methyl sites for hydroxylation is 1. The van der Waals surface area contributed by atoms with Crippen LogP contribution in [0.2, 0.25) is 0 Å². The van der Waals surface area contributed by atoms with Gasteiger partial charge in [-0.1, -0.05) is 0 Å². The number of nitriles is 1. The molecule has 0 aromatic carbocycles. The van der Waals surface area contributed by atoms with E-state index in [1.165, 1.54) is 6.20 Å². The summed E-state index contributed by atoms with van der Waals surface area (Å²) in [4.78, 5) is 11.7. The minimum absolute atomic E-state index is 0.158. The quantitative estimate of drug-likeness (QED) is 0.898. The number of carbonyl (C=O) groups is 1. The molecule has 1 N–H and O–H groups in total. The Balaban J connectivity index is 2.70. The fourth-order valence-electron chi connectivity index (χ4n) is 1.06. The van der Waals surface area contributed by atoms with Crippen molar-refractivity contribution in [3.8, 4) is 6.07 Å². The fraction of sp³-hybridized carbons (Fsp3) is 0.444. The maximum absolute atomic E-state index is 11.7. The topological polar surface area (TPSA) is 70.7 Å². The predicted octanol–water partition coefficient (Wildman–Crippen LogP) is 1.21. The first-order chi connectivity index (χ1) is 7.06. The molecule has 0 saturated carbocycles. The van der Waals surface area contributed by atoms with Crippen molar-refractivity contribution in [3.05, 3.63) is 16.4 Å². The lowest BCUT2D eigenvalue weighted by atomic mass is 10.2. The van der Waals surface area contributed by atoms with Crippen LogP contribution in [0.1, 0.15) is 23.7 Å². The summed E-state index contributed by atoms with van der Waals surface area (Å²) in [5.74, 6) is -0.224. The fourth-order valence-corrected chi connectivity index (χ4v) is 1.44. The van der Waals surface area contributed by atoms with Gasteiger partial charge in [-0.3, -0.25) is 9.48 Å². The number of nitrogens with one attached hydrogen (secondary N) is 1. The van der Waals surface area contributed by atoms with Gasteiger partial charge in [0.05, 0.1) is 24.3 Å². The Labute approximate surface area is 96.2 Å². The molecule has 1 amide bonds. The van der Waals surface area contributed by atoms with Gasteiger partial charge >= 0.3 is 0 Å². The number of hydrogen-bond acceptors (Lipinski definition) is 3. The van der Waals surface area contributed by atoms with Crippen molar-refractivity contribution in [2.24, 2.45) is 7.05 Å². The molecule has 6 heteroatoms. The van der Waals surface area contributed by atoms with E-state index in [4.69, 9.17) is 5.26 Å². The minimum Gasteiger partial charge on any atom is -0.348 e. The van der Waals surface area contributed by atoms with Crippen molar-refractivity contribution >= 4 is 21.8 Å². The van der Waals surface area contributed by atoms with Gasteiger partial charge in [0.25, 0.3) is 5.91 Å². The number of hydrogen-bond donors (Lipinski definition) is 1. The van der Waals surface area contributed by atoms with Gasteiger partial charge in [-0.2, -0.15) is 10.4 Å². The molecule has 0 radical (unpaired) electrons. The molecule has 1 aromatic rings. The van der Waals surface area contributed by atoms with Crippen LogP contribution in [0.15, 0.2) is 10.8 Å². The maximum Gasteiger partial charge on any atom is 0.255 e. The zero-order valence-electron chi connectivity index (χ0n) is 8.49. The average molecular weight is 271 g/mol. The Morgan fingerprint density at radius 3 is 3.00 bits per heavy atom. The van der Waals surface area contributed by atoms with Crippen LogP contribution in [0.4, 0.5) is 0 Å². The Bertz CT molecular complexity index is 407. The summed E-state index contributed by atoms with van der Waals surface area (Å²) in [5.41, 5.74) is 0.474. The zero-order valence-corrected chi connectivity index (χ0v) is 10.1. The number of nitrogens with zero attached hydrogens (tertiary/aromatic N) is 3. The number of amides is 1. The van der Waals surface area contributed by atoms with Crippen molar-refractivity contribution in [2.75, 3.05) is 0 Å². The summed E-state index contributed by atoms with van der Waals surface area (Å²) in [6.45, 7) is 1.78. The van der Waals surface area contributed by atoms with Crippen LogP contribution < -0.4 is 5.32 Å². The lowest BCUT2D eigenvalue weighted by Crippen LogP contribution is -2.32. The molecule has 1 heterocycles. The van der Waals surface area contributed by atoms with Crippen molar-refractivity contribution in [1.29, 1.82) is 5.26 Å². The van der Waals surface area contributed by atoms with E-state index in [1.54, 1.807) is 18.7 Å². The number of halogens is 1. The second-order valence-corrected chi connectivity index (χ2v) is 3.96. The maximum atomic E-state index is 11.7. The second-order valence-electron chi connectivity index (χ2n) is 3.21. The molecule has 1 unspecified atom stereocenters. The van der Waals surface area contributed by atoms with Gasteiger partial charge in [0.2, 0.25) is 0 Å². The Hall–Kier alpha value is -1.35. The highest BCUT2D eigenvalue weighted by Crippen LogP contribution is 2.14. The summed E-state index contributed by atoms with van der Waals surface area (Å²) in [6.07, 6.45) is 1.78. The highest BCUT2D eigenvalue weighted by molar-refractivity contribution is 9.10. The second kappa shape index (κ2) is 4.94. The highest BCUT2D eigenvalue weighted by Gasteiger charge is 2.15. The molecule has 0 aliphatic rings. The van der Waals surface area contributed by atoms with Crippen molar-refractivity contribution in [2.45, 2.75) is 19.4 Å². The predicted molar refractivity (Wildman–Crippen MR) is 58.1 cm³/mol. The van der Waals surface area contributed by atoms with Crippen molar-refractivity contribution in [3.63, 3.8) is 0 Å². The molecule has 0 aliphatic carbocycles. The minimum atomic E-state index is -0.224. The van der Waals surface area contributed by atoms with Crippen LogP contribution in [0, 0.1) is 11.3 Å². The summed E-state index contributed by atoms with van der Waals surface area (Å²) in [5, 5.41) is 15.1. The van der Waals surface area contributed by atoms with E-state index in [1.807, 2.05) is 6.07 Å². The summed E-state index contributed by atoms with van der Waals surface area (Å²) < 4.78 is 2.19. The average Bonchev–Trinajstić information content (AvgIpc) is 2.48. The van der Waals surface area contributed by atoms with E-state index in [0.717, 1.165) is 0 Å². The molecule has 0 aliphatic heterocycles. The molecule has 15 heavy (non-hydrogen) atoms. The first-order valence-corrected chi connectivity index (χ1v) is 5.21. The molecule has 0 bridgehead atoms. The highest BCUT2D eigenvalue weighted by atomic mass is 79.9. The molecule has 5 nitrogen and oxygen atoms in total. The zero-order chi connectivity index (χ0) is 11.4. The first-order valence-electron chi connectivity index (χ1n) is 4.41. The summed E-state index contributed by atoms with van der Waals surface area (Å²) in [7, 11) is 1.74. The molecule has 1 atom stereocenters. The van der Waals surface area contributed by atoms with Crippen LogP contribution in [0.25, 0.3) is 0 Å². The number of rotatable bonds is 3. The van der Waals surface area contributed by atoms with Gasteiger partial charge in [0, 0.05) is 13.1 Å². The van der Waals surface area contributed by atoms with Crippen LogP contribution in [0.5, 0.6) is 0 Å². The Kier molecular flexibility index (Phi) is 3.86. The van der Waals surface area contributed by atoms with Gasteiger partial charge in [-0.15, -0.1) is 0 Å². The Morgan fingerprint density at radius 1 is 1.87 bits per heavy atom. The molecule has 0 saturated heterocycles. The van der Waals surface area contributed by atoms with Gasteiger partial charge in [-0.25, -0.2) is 0 Å². The lowest BCUT2D eigenvalue weighted by molar-refractivity contribution is 0.0940. The van der Waals surface area contributed by atoms with E-state index in [0.29, 0.717) is 16.6 Å². The normalized spacial score (nSPS) is 11.9. The van der Waals surface area contributed by atoms with Crippen LogP contribution in [-0.4, -0.2) is 21.7 Å². The van der Waals surface area contributed by atoms with Crippen LogP contribution >= 0.6 is 15.9 Å². The molecule has 1 rings (SSSR count). The van der Waals surface area contributed by atoms with Crippen LogP contribution in [-0.2, 0) is 7.05 Å². The van der Waals surface area contributed by atoms with Gasteiger partial charge in [0.1, 0.15) is 4.60 Å². The molecule has 80 valence electrons. The molecule has 0 spiro atoms. The monoisotopic (exact) mass is 270 g/mol. The number of aromatic nitrogens is 2. The Morgan fingerprint density at radius 2 is 2.53 bits per heavy atom. The summed E-state index contributed by atoms with van der Waals surface area (Å²) in [6, 6.07) is 1.84. The third kappa shape index (κ3) is 2.80. The summed E-state index contributed by atoms with van der Waals surface area (Å²) >= 11 is 3.25. The molecule has 0 fully saturated rings. The molecule has 1 aromatic heterocycles. The third-order valence-corrected chi connectivity index (χ3v) is 2.83. The van der Waals surface area contributed by atoms with Crippen molar-refractivity contribution < 1.29 is 4.79 Å². The van der Waals surface area contributed by atoms with E-state index in [9.17, 15) is 4.79 Å². The van der Waals surface area contributed by atoms with Gasteiger partial charge in [-0.05, 0) is 22.9 Å². The third-order valence-electron chi connectivity index (χ3n) is 1.89.